The van der Waals surface area contributed by atoms with Crippen LogP contribution in [0, 0.1) is 0 Å². The number of rotatable bonds is 10. The molecule has 0 aliphatic heterocycles. The number of aromatic nitrogens is 2. The van der Waals surface area contributed by atoms with Gasteiger partial charge >= 0.3 is 0 Å². The molecule has 0 radical (unpaired) electrons. The number of benzene rings is 2. The largest absolute Gasteiger partial charge is 0.493 e. The lowest BCUT2D eigenvalue weighted by molar-refractivity contribution is 0.0684. The van der Waals surface area contributed by atoms with Crippen molar-refractivity contribution in [2.24, 2.45) is 0 Å². The molecule has 5 aromatic rings. The van der Waals surface area contributed by atoms with Crippen LogP contribution in [0.3, 0.4) is 0 Å². The second-order valence-electron chi connectivity index (χ2n) is 8.30. The maximum absolute atomic E-state index is 13.5. The van der Waals surface area contributed by atoms with E-state index < -0.39 is 0 Å². The predicted octanol–water partition coefficient (Wildman–Crippen LogP) is 6.26. The summed E-state index contributed by atoms with van der Waals surface area (Å²) in [5, 5.41) is 4.89. The van der Waals surface area contributed by atoms with E-state index >= 15 is 0 Å². The van der Waals surface area contributed by atoms with Crippen LogP contribution < -0.4 is 9.47 Å². The van der Waals surface area contributed by atoms with E-state index in [9.17, 15) is 4.79 Å². The van der Waals surface area contributed by atoms with Crippen molar-refractivity contribution in [3.05, 3.63) is 114 Å². The predicted molar refractivity (Wildman–Crippen MR) is 137 cm³/mol. The molecule has 0 saturated heterocycles. The minimum Gasteiger partial charge on any atom is -0.493 e. The topological polar surface area (TPSA) is 82.9 Å². The second kappa shape index (κ2) is 10.9. The zero-order valence-corrected chi connectivity index (χ0v) is 20.7. The van der Waals surface area contributed by atoms with Gasteiger partial charge in [0.1, 0.15) is 5.76 Å². The van der Waals surface area contributed by atoms with Crippen molar-refractivity contribution in [2.75, 3.05) is 7.11 Å². The van der Waals surface area contributed by atoms with Crippen LogP contribution in [0.25, 0.3) is 5.69 Å². The van der Waals surface area contributed by atoms with Gasteiger partial charge in [-0.2, -0.15) is 5.10 Å². The highest BCUT2D eigenvalue weighted by Gasteiger charge is 2.27. The molecule has 188 valence electrons. The highest BCUT2D eigenvalue weighted by Crippen LogP contribution is 2.36. The average molecular weight is 498 g/mol. The summed E-state index contributed by atoms with van der Waals surface area (Å²) >= 11 is 0. The molecule has 8 heteroatoms. The minimum absolute atomic E-state index is 0.223. The molecular weight excluding hydrogens is 470 g/mol. The first kappa shape index (κ1) is 24.0. The van der Waals surface area contributed by atoms with Gasteiger partial charge in [-0.3, -0.25) is 4.79 Å². The number of amides is 1. The molecule has 8 nitrogen and oxygen atoms in total. The first-order valence-electron chi connectivity index (χ1n) is 12.0. The Hall–Kier alpha value is -4.72. The van der Waals surface area contributed by atoms with E-state index in [1.54, 1.807) is 41.2 Å². The molecule has 3 aromatic heterocycles. The molecule has 0 aliphatic carbocycles. The Morgan fingerprint density at radius 3 is 2.30 bits per heavy atom. The number of carbonyl (C=O) groups is 1. The molecular formula is C29H27N3O5. The standard InChI is InChI=1S/C29H27N3O5/c1-3-24-23(20-31(19-22-13-9-17-35-22)28(33)27-16-10-18-36-27)29(32(30-24)21-11-5-4-6-12-21)37-26-15-8-7-14-25(26)34-2/h4-18H,3,19-20H2,1-2H3. The van der Waals surface area contributed by atoms with E-state index in [4.69, 9.17) is 23.4 Å². The molecule has 0 bridgehead atoms. The van der Waals surface area contributed by atoms with Crippen LogP contribution in [-0.2, 0) is 19.5 Å². The third-order valence-electron chi connectivity index (χ3n) is 5.93. The fourth-order valence-corrected chi connectivity index (χ4v) is 4.11. The first-order chi connectivity index (χ1) is 18.2. The average Bonchev–Trinajstić information content (AvgIpc) is 3.71. The first-order valence-corrected chi connectivity index (χ1v) is 12.0. The van der Waals surface area contributed by atoms with Gasteiger partial charge in [0.2, 0.25) is 5.88 Å². The Morgan fingerprint density at radius 1 is 0.892 bits per heavy atom. The summed E-state index contributed by atoms with van der Waals surface area (Å²) in [6, 6.07) is 24.2. The number of para-hydroxylation sites is 3. The summed E-state index contributed by atoms with van der Waals surface area (Å²) in [5.74, 6) is 2.27. The Bertz CT molecular complexity index is 1440. The highest BCUT2D eigenvalue weighted by molar-refractivity contribution is 5.91. The van der Waals surface area contributed by atoms with Gasteiger partial charge in [0.05, 0.1) is 49.7 Å². The molecule has 2 aromatic carbocycles. The number of hydrogen-bond donors (Lipinski definition) is 0. The van der Waals surface area contributed by atoms with E-state index in [0.29, 0.717) is 29.6 Å². The number of aryl methyl sites for hydroxylation is 1. The monoisotopic (exact) mass is 497 g/mol. The van der Waals surface area contributed by atoms with Crippen molar-refractivity contribution in [1.82, 2.24) is 14.7 Å². The lowest BCUT2D eigenvalue weighted by Gasteiger charge is -2.22. The van der Waals surface area contributed by atoms with Gasteiger partial charge in [-0.15, -0.1) is 0 Å². The Morgan fingerprint density at radius 2 is 1.62 bits per heavy atom. The molecule has 0 aliphatic rings. The molecule has 0 spiro atoms. The number of carbonyl (C=O) groups excluding carboxylic acids is 1. The van der Waals surface area contributed by atoms with Gasteiger partial charge < -0.3 is 23.2 Å². The van der Waals surface area contributed by atoms with Crippen molar-refractivity contribution >= 4 is 5.91 Å². The number of furan rings is 2. The number of hydrogen-bond acceptors (Lipinski definition) is 6. The number of methoxy groups -OCH3 is 1. The van der Waals surface area contributed by atoms with E-state index in [0.717, 1.165) is 16.9 Å². The summed E-state index contributed by atoms with van der Waals surface area (Å²) < 4.78 is 24.8. The summed E-state index contributed by atoms with van der Waals surface area (Å²) in [6.45, 7) is 2.50. The Kier molecular flexibility index (Phi) is 7.07. The van der Waals surface area contributed by atoms with E-state index in [1.807, 2.05) is 67.6 Å². The van der Waals surface area contributed by atoms with Crippen molar-refractivity contribution in [3.8, 4) is 23.1 Å². The van der Waals surface area contributed by atoms with Crippen LogP contribution in [-0.4, -0.2) is 27.7 Å². The molecule has 1 amide bonds. The fourth-order valence-electron chi connectivity index (χ4n) is 4.11. The fraction of sp³-hybridized carbons (Fsp3) is 0.172. The number of nitrogens with zero attached hydrogens (tertiary/aromatic N) is 3. The van der Waals surface area contributed by atoms with Crippen LogP contribution in [0.15, 0.2) is 100 Å². The smallest absolute Gasteiger partial charge is 0.290 e. The molecule has 0 saturated carbocycles. The summed E-state index contributed by atoms with van der Waals surface area (Å²) in [7, 11) is 1.60. The van der Waals surface area contributed by atoms with E-state index in [2.05, 4.69) is 0 Å². The third-order valence-corrected chi connectivity index (χ3v) is 5.93. The van der Waals surface area contributed by atoms with Crippen LogP contribution in [0.1, 0.15) is 34.5 Å². The maximum atomic E-state index is 13.5. The summed E-state index contributed by atoms with van der Waals surface area (Å²) in [6.07, 6.45) is 3.71. The molecule has 0 unspecified atom stereocenters. The van der Waals surface area contributed by atoms with Crippen molar-refractivity contribution in [2.45, 2.75) is 26.4 Å². The molecule has 37 heavy (non-hydrogen) atoms. The molecule has 0 fully saturated rings. The lowest BCUT2D eigenvalue weighted by atomic mass is 10.1. The lowest BCUT2D eigenvalue weighted by Crippen LogP contribution is -2.30. The molecule has 0 atom stereocenters. The van der Waals surface area contributed by atoms with Gasteiger partial charge in [0.15, 0.2) is 17.3 Å². The Labute approximate surface area is 214 Å². The maximum Gasteiger partial charge on any atom is 0.290 e. The third kappa shape index (κ3) is 5.13. The van der Waals surface area contributed by atoms with Crippen molar-refractivity contribution in [1.29, 1.82) is 0 Å². The van der Waals surface area contributed by atoms with Crippen LogP contribution in [0.5, 0.6) is 17.4 Å². The number of ether oxygens (including phenoxy) is 2. The summed E-state index contributed by atoms with van der Waals surface area (Å²) in [4.78, 5) is 15.2. The molecule has 0 N–H and O–H groups in total. The Balaban J connectivity index is 1.61. The van der Waals surface area contributed by atoms with E-state index in [1.165, 1.54) is 6.26 Å². The van der Waals surface area contributed by atoms with Gasteiger partial charge in [-0.25, -0.2) is 4.68 Å². The van der Waals surface area contributed by atoms with Crippen LogP contribution in [0.4, 0.5) is 0 Å². The van der Waals surface area contributed by atoms with E-state index in [-0.39, 0.29) is 24.8 Å². The summed E-state index contributed by atoms with van der Waals surface area (Å²) in [5.41, 5.74) is 2.43. The van der Waals surface area contributed by atoms with Crippen LogP contribution >= 0.6 is 0 Å². The molecule has 5 rings (SSSR count). The quantitative estimate of drug-likeness (QED) is 0.226. The van der Waals surface area contributed by atoms with Crippen molar-refractivity contribution in [3.63, 3.8) is 0 Å². The molecule has 3 heterocycles. The van der Waals surface area contributed by atoms with Gasteiger partial charge in [-0.1, -0.05) is 37.3 Å². The van der Waals surface area contributed by atoms with Gasteiger partial charge in [0, 0.05) is 0 Å². The highest BCUT2D eigenvalue weighted by atomic mass is 16.5. The van der Waals surface area contributed by atoms with Gasteiger partial charge in [0.25, 0.3) is 5.91 Å². The van der Waals surface area contributed by atoms with Gasteiger partial charge in [-0.05, 0) is 55.0 Å². The minimum atomic E-state index is -0.265. The second-order valence-corrected chi connectivity index (χ2v) is 8.30. The zero-order valence-electron chi connectivity index (χ0n) is 20.7. The normalized spacial score (nSPS) is 10.9. The van der Waals surface area contributed by atoms with Crippen molar-refractivity contribution < 1.29 is 23.1 Å². The van der Waals surface area contributed by atoms with Crippen LogP contribution in [0.2, 0.25) is 0 Å². The SMILES string of the molecule is CCc1nn(-c2ccccc2)c(Oc2ccccc2OC)c1CN(Cc1ccco1)C(=O)c1ccco1. The zero-order chi connectivity index (χ0) is 25.6.